The normalized spacial score (nSPS) is 17.9. The maximum atomic E-state index is 6.30. The first-order valence-corrected chi connectivity index (χ1v) is 9.50. The molecule has 1 fully saturated rings. The number of nitrogens with zero attached hydrogens (tertiary/aromatic N) is 5. The molecule has 1 unspecified atom stereocenters. The van der Waals surface area contributed by atoms with E-state index in [4.69, 9.17) is 11.6 Å². The van der Waals surface area contributed by atoms with Crippen LogP contribution in [-0.2, 0) is 0 Å². The number of likely N-dealkylation sites (N-methyl/N-ethyl adjacent to an activating group) is 2. The molecule has 0 saturated carbocycles. The van der Waals surface area contributed by atoms with Gasteiger partial charge in [0.05, 0.1) is 4.90 Å². The summed E-state index contributed by atoms with van der Waals surface area (Å²) >= 11 is 7.86. The first-order chi connectivity index (χ1) is 11.6. The van der Waals surface area contributed by atoms with Gasteiger partial charge in [0.15, 0.2) is 0 Å². The highest BCUT2D eigenvalue weighted by Gasteiger charge is 2.30. The van der Waals surface area contributed by atoms with Crippen molar-refractivity contribution in [3.63, 3.8) is 0 Å². The van der Waals surface area contributed by atoms with Crippen molar-refractivity contribution < 1.29 is 0 Å². The van der Waals surface area contributed by atoms with Crippen LogP contribution in [0, 0.1) is 0 Å². The topological polar surface area (TPSA) is 35.5 Å². The van der Waals surface area contributed by atoms with Gasteiger partial charge in [-0.3, -0.25) is 0 Å². The number of piperazine rings is 1. The fraction of sp³-hybridized carbons (Fsp3) is 0.412. The molecule has 2 aromatic rings. The Balaban J connectivity index is 0.00000225. The van der Waals surface area contributed by atoms with Crippen molar-refractivity contribution in [3.8, 4) is 0 Å². The van der Waals surface area contributed by atoms with Crippen molar-refractivity contribution in [1.29, 1.82) is 0 Å². The van der Waals surface area contributed by atoms with Gasteiger partial charge in [0.1, 0.15) is 11.3 Å². The van der Waals surface area contributed by atoms with Gasteiger partial charge in [-0.05, 0) is 25.4 Å². The van der Waals surface area contributed by atoms with E-state index in [0.29, 0.717) is 11.1 Å². The highest BCUT2D eigenvalue weighted by molar-refractivity contribution is 7.98. The van der Waals surface area contributed by atoms with Crippen LogP contribution in [0.5, 0.6) is 0 Å². The fourth-order valence-electron chi connectivity index (χ4n) is 2.91. The summed E-state index contributed by atoms with van der Waals surface area (Å²) in [7, 11) is 4.26. The molecule has 0 radical (unpaired) electrons. The summed E-state index contributed by atoms with van der Waals surface area (Å²) in [5.74, 6) is 0.693. The number of rotatable bonds is 4. The third kappa shape index (κ3) is 4.50. The number of hydrogen-bond donors (Lipinski definition) is 0. The number of thioether (sulfide) groups is 1. The molecule has 136 valence electrons. The van der Waals surface area contributed by atoms with Gasteiger partial charge in [-0.2, -0.15) is 4.98 Å². The lowest BCUT2D eigenvalue weighted by Gasteiger charge is -2.45. The second-order valence-electron chi connectivity index (χ2n) is 5.91. The highest BCUT2D eigenvalue weighted by atomic mass is 35.5. The van der Waals surface area contributed by atoms with Crippen LogP contribution in [0.1, 0.15) is 0 Å². The van der Waals surface area contributed by atoms with Crippen LogP contribution >= 0.6 is 35.8 Å². The minimum Gasteiger partial charge on any atom is -0.353 e. The minimum absolute atomic E-state index is 0. The molecule has 1 aliphatic rings. The van der Waals surface area contributed by atoms with Crippen LogP contribution in [0.2, 0.25) is 5.15 Å². The van der Waals surface area contributed by atoms with Crippen molar-refractivity contribution in [2.24, 2.45) is 0 Å². The molecule has 2 heterocycles. The summed E-state index contributed by atoms with van der Waals surface area (Å²) in [6.07, 6.45) is 3.95. The fourth-order valence-corrected chi connectivity index (χ4v) is 3.64. The molecule has 1 aliphatic heterocycles. The zero-order valence-corrected chi connectivity index (χ0v) is 17.0. The maximum absolute atomic E-state index is 6.30. The van der Waals surface area contributed by atoms with Gasteiger partial charge in [-0.25, -0.2) is 4.98 Å². The molecule has 1 aromatic heterocycles. The second kappa shape index (κ2) is 8.94. The van der Waals surface area contributed by atoms with E-state index < -0.39 is 0 Å². The minimum atomic E-state index is 0. The highest BCUT2D eigenvalue weighted by Crippen LogP contribution is 2.27. The van der Waals surface area contributed by atoms with Crippen molar-refractivity contribution in [1.82, 2.24) is 14.9 Å². The average molecular weight is 400 g/mol. The Hall–Kier alpha value is -1.21. The predicted octanol–water partition coefficient (Wildman–Crippen LogP) is 3.49. The summed E-state index contributed by atoms with van der Waals surface area (Å²) in [5, 5.41) is 0.521. The summed E-state index contributed by atoms with van der Waals surface area (Å²) < 4.78 is 0. The van der Waals surface area contributed by atoms with Gasteiger partial charge in [0.2, 0.25) is 5.95 Å². The molecule has 0 N–H and O–H groups in total. The summed E-state index contributed by atoms with van der Waals surface area (Å²) in [5.41, 5.74) is 1.18. The van der Waals surface area contributed by atoms with Crippen LogP contribution in [0.3, 0.4) is 0 Å². The molecule has 1 atom stereocenters. The van der Waals surface area contributed by atoms with Crippen molar-refractivity contribution in [2.45, 2.75) is 11.1 Å². The quantitative estimate of drug-likeness (QED) is 0.578. The maximum Gasteiger partial charge on any atom is 0.228 e. The average Bonchev–Trinajstić information content (AvgIpc) is 2.61. The number of anilines is 2. The molecule has 0 spiro atoms. The number of para-hydroxylation sites is 1. The molecule has 0 aliphatic carbocycles. The van der Waals surface area contributed by atoms with E-state index in [2.05, 4.69) is 63.0 Å². The van der Waals surface area contributed by atoms with E-state index in [-0.39, 0.29) is 18.6 Å². The van der Waals surface area contributed by atoms with Crippen molar-refractivity contribution >= 4 is 47.4 Å². The Kier molecular flexibility index (Phi) is 7.19. The lowest BCUT2D eigenvalue weighted by molar-refractivity contribution is 0.263. The number of hydrogen-bond acceptors (Lipinski definition) is 6. The van der Waals surface area contributed by atoms with E-state index >= 15 is 0 Å². The molecule has 0 amide bonds. The van der Waals surface area contributed by atoms with Crippen LogP contribution < -0.4 is 9.80 Å². The molecular weight excluding hydrogens is 377 g/mol. The van der Waals surface area contributed by atoms with Crippen molar-refractivity contribution in [3.05, 3.63) is 41.7 Å². The third-order valence-corrected chi connectivity index (χ3v) is 5.48. The third-order valence-electron chi connectivity index (χ3n) is 4.34. The largest absolute Gasteiger partial charge is 0.353 e. The summed E-state index contributed by atoms with van der Waals surface area (Å²) in [6, 6.07) is 10.4. The number of benzene rings is 1. The van der Waals surface area contributed by atoms with Gasteiger partial charge < -0.3 is 14.7 Å². The van der Waals surface area contributed by atoms with E-state index in [1.165, 1.54) is 5.69 Å². The van der Waals surface area contributed by atoms with E-state index in [1.54, 1.807) is 11.8 Å². The zero-order valence-electron chi connectivity index (χ0n) is 14.6. The van der Waals surface area contributed by atoms with Gasteiger partial charge >= 0.3 is 0 Å². The Morgan fingerprint density at radius 1 is 1.24 bits per heavy atom. The molecule has 1 aromatic carbocycles. The molecule has 3 rings (SSSR count). The predicted molar refractivity (Wildman–Crippen MR) is 110 cm³/mol. The van der Waals surface area contributed by atoms with Crippen LogP contribution in [0.25, 0.3) is 0 Å². The summed E-state index contributed by atoms with van der Waals surface area (Å²) in [6.45, 7) is 2.76. The first kappa shape index (κ1) is 20.1. The molecule has 1 saturated heterocycles. The van der Waals surface area contributed by atoms with Gasteiger partial charge in [-0.1, -0.05) is 29.8 Å². The SMILES string of the molecule is CSc1cnc(N2CCN(C)CC2N(C)c2ccccc2)nc1Cl.Cl. The first-order valence-electron chi connectivity index (χ1n) is 7.89. The lowest BCUT2D eigenvalue weighted by atomic mass is 10.2. The monoisotopic (exact) mass is 399 g/mol. The van der Waals surface area contributed by atoms with E-state index in [1.807, 2.05) is 18.5 Å². The molecule has 8 heteroatoms. The van der Waals surface area contributed by atoms with Gasteiger partial charge in [0, 0.05) is 38.6 Å². The summed E-state index contributed by atoms with van der Waals surface area (Å²) in [4.78, 5) is 16.8. The Bertz CT molecular complexity index is 688. The Morgan fingerprint density at radius 3 is 2.60 bits per heavy atom. The van der Waals surface area contributed by atoms with Crippen LogP contribution in [0.4, 0.5) is 11.6 Å². The van der Waals surface area contributed by atoms with Crippen molar-refractivity contribution in [2.75, 3.05) is 49.8 Å². The zero-order chi connectivity index (χ0) is 17.1. The van der Waals surface area contributed by atoms with Gasteiger partial charge in [-0.15, -0.1) is 24.2 Å². The molecule has 0 bridgehead atoms. The Labute approximate surface area is 164 Å². The van der Waals surface area contributed by atoms with E-state index in [9.17, 15) is 0 Å². The van der Waals surface area contributed by atoms with E-state index in [0.717, 1.165) is 24.5 Å². The Morgan fingerprint density at radius 2 is 1.96 bits per heavy atom. The number of aromatic nitrogens is 2. The smallest absolute Gasteiger partial charge is 0.228 e. The second-order valence-corrected chi connectivity index (χ2v) is 7.12. The molecule has 25 heavy (non-hydrogen) atoms. The molecule has 5 nitrogen and oxygen atoms in total. The van der Waals surface area contributed by atoms with Gasteiger partial charge in [0.25, 0.3) is 0 Å². The lowest BCUT2D eigenvalue weighted by Crippen LogP contribution is -2.59. The van der Waals surface area contributed by atoms with Crippen LogP contribution in [0.15, 0.2) is 41.4 Å². The molecular formula is C17H23Cl2N5S. The standard InChI is InChI=1S/C17H22ClN5S.ClH/c1-21-9-10-23(17-19-11-14(24-3)16(18)20-17)15(12-21)22(2)13-7-5-4-6-8-13;/h4-8,11,15H,9-10,12H2,1-3H3;1H. The van der Waals surface area contributed by atoms with Crippen LogP contribution in [-0.4, -0.2) is 61.0 Å². The number of halogens is 2.